The standard InChI is InChI=1S/C19H14ClFN2O4S/c1-12-2-8-15(9-3-12)27-18(24)17-16(20)10-22-19(23-17)28(25,26)11-13-4-6-14(21)7-5-13/h2-10H,11H2,1H3. The van der Waals surface area contributed by atoms with Gasteiger partial charge in [-0.05, 0) is 36.8 Å². The van der Waals surface area contributed by atoms with Gasteiger partial charge in [-0.2, -0.15) is 0 Å². The lowest BCUT2D eigenvalue weighted by atomic mass is 10.2. The van der Waals surface area contributed by atoms with E-state index in [2.05, 4.69) is 9.97 Å². The van der Waals surface area contributed by atoms with Crippen LogP contribution in [0.3, 0.4) is 0 Å². The summed E-state index contributed by atoms with van der Waals surface area (Å²) in [5.74, 6) is -1.58. The van der Waals surface area contributed by atoms with Crippen molar-refractivity contribution in [3.05, 3.63) is 82.4 Å². The molecule has 0 radical (unpaired) electrons. The summed E-state index contributed by atoms with van der Waals surface area (Å²) in [6, 6.07) is 11.7. The van der Waals surface area contributed by atoms with Gasteiger partial charge in [0.25, 0.3) is 0 Å². The number of hydrogen-bond acceptors (Lipinski definition) is 6. The largest absolute Gasteiger partial charge is 0.422 e. The fraction of sp³-hybridized carbons (Fsp3) is 0.105. The molecule has 0 atom stereocenters. The fourth-order valence-electron chi connectivity index (χ4n) is 2.27. The van der Waals surface area contributed by atoms with Crippen LogP contribution in [0.15, 0.2) is 59.9 Å². The quantitative estimate of drug-likeness (QED) is 0.355. The molecule has 1 aromatic heterocycles. The van der Waals surface area contributed by atoms with Crippen molar-refractivity contribution in [2.75, 3.05) is 0 Å². The Morgan fingerprint density at radius 1 is 1.11 bits per heavy atom. The van der Waals surface area contributed by atoms with E-state index in [9.17, 15) is 17.6 Å². The summed E-state index contributed by atoms with van der Waals surface area (Å²) in [5.41, 5.74) is 0.965. The van der Waals surface area contributed by atoms with Gasteiger partial charge in [-0.1, -0.05) is 41.4 Å². The van der Waals surface area contributed by atoms with Crippen molar-refractivity contribution in [1.82, 2.24) is 9.97 Å². The number of aryl methyl sites for hydroxylation is 1. The molecular formula is C19H14ClFN2O4S. The Labute approximate surface area is 165 Å². The highest BCUT2D eigenvalue weighted by Gasteiger charge is 2.24. The molecule has 3 rings (SSSR count). The Kier molecular flexibility index (Phi) is 5.71. The van der Waals surface area contributed by atoms with Crippen LogP contribution in [-0.4, -0.2) is 24.4 Å². The summed E-state index contributed by atoms with van der Waals surface area (Å²) in [7, 11) is -3.99. The highest BCUT2D eigenvalue weighted by molar-refractivity contribution is 7.90. The number of ether oxygens (including phenoxy) is 1. The summed E-state index contributed by atoms with van der Waals surface area (Å²) in [6.07, 6.45) is 1.03. The van der Waals surface area contributed by atoms with Crippen LogP contribution in [0.1, 0.15) is 21.6 Å². The molecule has 0 bridgehead atoms. The third kappa shape index (κ3) is 4.71. The average molecular weight is 421 g/mol. The van der Waals surface area contributed by atoms with E-state index in [-0.39, 0.29) is 16.5 Å². The van der Waals surface area contributed by atoms with Crippen LogP contribution in [0.4, 0.5) is 4.39 Å². The van der Waals surface area contributed by atoms with Crippen LogP contribution in [-0.2, 0) is 15.6 Å². The summed E-state index contributed by atoms with van der Waals surface area (Å²) in [5, 5.41) is -0.713. The van der Waals surface area contributed by atoms with Crippen molar-refractivity contribution in [1.29, 1.82) is 0 Å². The van der Waals surface area contributed by atoms with E-state index < -0.39 is 32.5 Å². The first kappa shape index (κ1) is 19.9. The molecule has 0 saturated heterocycles. The highest BCUT2D eigenvalue weighted by atomic mass is 35.5. The summed E-state index contributed by atoms with van der Waals surface area (Å²) in [6.45, 7) is 1.88. The minimum Gasteiger partial charge on any atom is -0.422 e. The van der Waals surface area contributed by atoms with E-state index in [1.54, 1.807) is 24.3 Å². The number of esters is 1. The highest BCUT2D eigenvalue weighted by Crippen LogP contribution is 2.20. The number of sulfone groups is 1. The van der Waals surface area contributed by atoms with Gasteiger partial charge in [-0.25, -0.2) is 27.6 Å². The molecule has 144 valence electrons. The maximum absolute atomic E-state index is 13.0. The van der Waals surface area contributed by atoms with Gasteiger partial charge < -0.3 is 4.74 Å². The zero-order valence-electron chi connectivity index (χ0n) is 14.6. The lowest BCUT2D eigenvalue weighted by molar-refractivity contribution is 0.0727. The molecule has 6 nitrogen and oxygen atoms in total. The Bertz CT molecular complexity index is 1120. The minimum atomic E-state index is -3.99. The maximum atomic E-state index is 13.0. The SMILES string of the molecule is Cc1ccc(OC(=O)c2nc(S(=O)(=O)Cc3ccc(F)cc3)ncc2Cl)cc1. The lowest BCUT2D eigenvalue weighted by Crippen LogP contribution is -2.16. The van der Waals surface area contributed by atoms with Gasteiger partial charge in [0, 0.05) is 0 Å². The van der Waals surface area contributed by atoms with Gasteiger partial charge in [0.05, 0.1) is 17.0 Å². The maximum Gasteiger partial charge on any atom is 0.364 e. The molecule has 1 heterocycles. The van der Waals surface area contributed by atoms with E-state index in [1.165, 1.54) is 12.1 Å². The predicted molar refractivity (Wildman–Crippen MR) is 100 cm³/mol. The number of rotatable bonds is 5. The first-order valence-electron chi connectivity index (χ1n) is 8.03. The number of carbonyl (C=O) groups excluding carboxylic acids is 1. The molecular weight excluding hydrogens is 407 g/mol. The minimum absolute atomic E-state index is 0.141. The van der Waals surface area contributed by atoms with Crippen LogP contribution in [0, 0.1) is 12.7 Å². The molecule has 0 spiro atoms. The zero-order chi connectivity index (χ0) is 20.3. The second-order valence-electron chi connectivity index (χ2n) is 5.94. The van der Waals surface area contributed by atoms with Gasteiger partial charge in [-0.15, -0.1) is 0 Å². The number of nitrogens with zero attached hydrogens (tertiary/aromatic N) is 2. The molecule has 0 aliphatic heterocycles. The van der Waals surface area contributed by atoms with E-state index in [4.69, 9.17) is 16.3 Å². The number of halogens is 2. The van der Waals surface area contributed by atoms with Crippen molar-refractivity contribution in [2.45, 2.75) is 17.8 Å². The molecule has 0 saturated carbocycles. The third-order valence-corrected chi connectivity index (χ3v) is 5.44. The van der Waals surface area contributed by atoms with Crippen LogP contribution < -0.4 is 4.74 Å². The Morgan fingerprint density at radius 3 is 2.39 bits per heavy atom. The molecule has 0 amide bonds. The molecule has 0 N–H and O–H groups in total. The second kappa shape index (κ2) is 8.04. The molecule has 0 unspecified atom stereocenters. The molecule has 0 fully saturated rings. The van der Waals surface area contributed by atoms with Crippen molar-refractivity contribution >= 4 is 27.4 Å². The fourth-order valence-corrected chi connectivity index (χ4v) is 3.64. The lowest BCUT2D eigenvalue weighted by Gasteiger charge is -2.08. The van der Waals surface area contributed by atoms with E-state index >= 15 is 0 Å². The molecule has 2 aromatic carbocycles. The van der Waals surface area contributed by atoms with E-state index in [0.29, 0.717) is 5.56 Å². The van der Waals surface area contributed by atoms with Gasteiger partial charge in [0.15, 0.2) is 5.69 Å². The Balaban J connectivity index is 1.86. The van der Waals surface area contributed by atoms with Crippen molar-refractivity contribution < 1.29 is 22.3 Å². The first-order chi connectivity index (χ1) is 13.2. The summed E-state index contributed by atoms with van der Waals surface area (Å²) in [4.78, 5) is 19.9. The molecule has 28 heavy (non-hydrogen) atoms. The van der Waals surface area contributed by atoms with Crippen LogP contribution in [0.5, 0.6) is 5.75 Å². The first-order valence-corrected chi connectivity index (χ1v) is 10.1. The number of aromatic nitrogens is 2. The van der Waals surface area contributed by atoms with Crippen molar-refractivity contribution in [2.24, 2.45) is 0 Å². The number of hydrogen-bond donors (Lipinski definition) is 0. The van der Waals surface area contributed by atoms with Crippen LogP contribution in [0.2, 0.25) is 5.02 Å². The molecule has 0 aliphatic rings. The zero-order valence-corrected chi connectivity index (χ0v) is 16.2. The average Bonchev–Trinajstić information content (AvgIpc) is 2.65. The summed E-state index contributed by atoms with van der Waals surface area (Å²) >= 11 is 5.95. The normalized spacial score (nSPS) is 11.2. The number of carbonyl (C=O) groups is 1. The second-order valence-corrected chi connectivity index (χ2v) is 8.23. The predicted octanol–water partition coefficient (Wildman–Crippen LogP) is 3.77. The van der Waals surface area contributed by atoms with Crippen LogP contribution in [0.25, 0.3) is 0 Å². The topological polar surface area (TPSA) is 86.2 Å². The number of benzene rings is 2. The van der Waals surface area contributed by atoms with Crippen molar-refractivity contribution in [3.63, 3.8) is 0 Å². The Hall–Kier alpha value is -2.84. The molecule has 0 aliphatic carbocycles. The van der Waals surface area contributed by atoms with E-state index in [1.807, 2.05) is 6.92 Å². The summed E-state index contributed by atoms with van der Waals surface area (Å²) < 4.78 is 43.3. The van der Waals surface area contributed by atoms with Gasteiger partial charge >= 0.3 is 5.97 Å². The van der Waals surface area contributed by atoms with Crippen LogP contribution >= 0.6 is 11.6 Å². The van der Waals surface area contributed by atoms with Gasteiger partial charge in [0.1, 0.15) is 11.6 Å². The molecule has 3 aromatic rings. The monoisotopic (exact) mass is 420 g/mol. The van der Waals surface area contributed by atoms with Crippen molar-refractivity contribution in [3.8, 4) is 5.75 Å². The van der Waals surface area contributed by atoms with Gasteiger partial charge in [0.2, 0.25) is 15.0 Å². The van der Waals surface area contributed by atoms with E-state index in [0.717, 1.165) is 23.9 Å². The smallest absolute Gasteiger partial charge is 0.364 e. The molecule has 9 heteroatoms. The Morgan fingerprint density at radius 2 is 1.75 bits per heavy atom. The van der Waals surface area contributed by atoms with Gasteiger partial charge in [-0.3, -0.25) is 0 Å². The third-order valence-electron chi connectivity index (χ3n) is 3.69.